The zero-order valence-electron chi connectivity index (χ0n) is 62.3. The molecule has 2 heterocycles. The Morgan fingerprint density at radius 1 is 0.435 bits per heavy atom. The standard InChI is InChI=1S/C20H18N4O8.C20H20N4O6.C10H10N2O4.C10H11NO4.C6H6N2O2.2C4H4O2/c1-11(25)17(18(26)21-13-5-7-14(8-6-13)24(29)30)23-22-16-10-12(19(27)31-2)4-9-15(16)20(28)32-3;1-11(25)17(18(26)22-14-7-5-13(21)6-8-14)24-23-16-10-12(19(27)29-2)4-9-15(16)20(28)30-3;1-7(13)6-10(14)11-8-2-4-9(5-3-8)12(15)16;1-14-9(12)6-3-4-7(8(11)5-6)10(13)15-2;7-5-1-3-6(4-2-5)8(9)10;2*1-3-2-4(5)6-3/h4-10,25H,1-3H3,(H,21,26);4-10,25H,21H2,1-3H3,(H,22,26);2-5H,6H2,1H3,(H,11,14);3-5H,11H2,1-2H3;1-4H,7H2;2*1-2H2. The topological polar surface area (TPSA) is 612 Å². The Labute approximate surface area is 651 Å². The van der Waals surface area contributed by atoms with Crippen molar-refractivity contribution in [3.8, 4) is 0 Å². The van der Waals surface area contributed by atoms with Crippen LogP contribution in [0.3, 0.4) is 0 Å². The molecular weight excluding hydrogens is 1520 g/mol. The minimum atomic E-state index is -0.869. The van der Waals surface area contributed by atoms with Gasteiger partial charge in [0.05, 0.1) is 97.2 Å². The van der Waals surface area contributed by atoms with Gasteiger partial charge < -0.3 is 81.3 Å². The largest absolute Gasteiger partial charge is 0.510 e. The third-order valence-corrected chi connectivity index (χ3v) is 13.7. The molecule has 2 saturated heterocycles. The molecule has 0 aliphatic carbocycles. The number of nitro groups is 3. The van der Waals surface area contributed by atoms with E-state index in [-0.39, 0.29) is 91.8 Å². The van der Waals surface area contributed by atoms with Crippen LogP contribution in [0, 0.1) is 30.3 Å². The van der Waals surface area contributed by atoms with Gasteiger partial charge in [-0.3, -0.25) is 59.1 Å². The zero-order chi connectivity index (χ0) is 86.3. The number of nitrogens with two attached hydrogens (primary N) is 3. The number of hydrogen-bond acceptors (Lipinski definition) is 35. The number of allylic oxidation sites excluding steroid dienone is 2. The van der Waals surface area contributed by atoms with E-state index in [2.05, 4.69) is 87.5 Å². The lowest BCUT2D eigenvalue weighted by molar-refractivity contribution is -0.385. The average molecular weight is 1590 g/mol. The number of carbonyl (C=O) groups excluding carboxylic acids is 12. The van der Waals surface area contributed by atoms with Crippen molar-refractivity contribution in [3.05, 3.63) is 263 Å². The van der Waals surface area contributed by atoms with E-state index >= 15 is 0 Å². The molecule has 602 valence electrons. The molecule has 2 aliphatic heterocycles. The fraction of sp³-hybridized carbons (Fsp3) is 0.162. The fourth-order valence-corrected chi connectivity index (χ4v) is 8.09. The highest BCUT2D eigenvalue weighted by atomic mass is 16.6. The second kappa shape index (κ2) is 46.2. The minimum absolute atomic E-state index is 0.00258. The Kier molecular flexibility index (Phi) is 37.3. The summed E-state index contributed by atoms with van der Waals surface area (Å²) in [6, 6.07) is 34.4. The highest BCUT2D eigenvalue weighted by Crippen LogP contribution is 2.28. The second-order valence-electron chi connectivity index (χ2n) is 22.3. The van der Waals surface area contributed by atoms with E-state index in [9.17, 15) is 98.1 Å². The number of hydrogen-bond donors (Lipinski definition) is 8. The van der Waals surface area contributed by atoms with Gasteiger partial charge in [-0.15, -0.1) is 20.5 Å². The maximum absolute atomic E-state index is 12.5. The lowest BCUT2D eigenvalue weighted by Gasteiger charge is -2.12. The molecule has 0 bridgehead atoms. The lowest BCUT2D eigenvalue weighted by Crippen LogP contribution is -2.15. The summed E-state index contributed by atoms with van der Waals surface area (Å²) in [5.74, 6) is -6.22. The van der Waals surface area contributed by atoms with Crippen LogP contribution in [0.1, 0.15) is 102 Å². The molecule has 41 nitrogen and oxygen atoms in total. The molecule has 7 aromatic rings. The average Bonchev–Trinajstić information content (AvgIpc) is 0.832. The van der Waals surface area contributed by atoms with Gasteiger partial charge in [-0.2, -0.15) is 0 Å². The van der Waals surface area contributed by atoms with Gasteiger partial charge in [0.2, 0.25) is 5.91 Å². The van der Waals surface area contributed by atoms with E-state index in [1.54, 1.807) is 24.3 Å². The van der Waals surface area contributed by atoms with Gasteiger partial charge in [-0.1, -0.05) is 13.2 Å². The van der Waals surface area contributed by atoms with Gasteiger partial charge in [0.1, 0.15) is 53.0 Å². The number of azo groups is 2. The summed E-state index contributed by atoms with van der Waals surface area (Å²) in [5, 5.41) is 73.5. The number of rotatable bonds is 20. The number of nitrogens with zero attached hydrogens (tertiary/aromatic N) is 7. The molecule has 0 atom stereocenters. The zero-order valence-corrected chi connectivity index (χ0v) is 62.3. The molecule has 0 saturated carbocycles. The van der Waals surface area contributed by atoms with E-state index in [0.717, 1.165) is 7.11 Å². The summed E-state index contributed by atoms with van der Waals surface area (Å²) in [7, 11) is 7.24. The highest BCUT2D eigenvalue weighted by Gasteiger charge is 2.23. The molecule has 0 spiro atoms. The van der Waals surface area contributed by atoms with Crippen LogP contribution >= 0.6 is 0 Å². The molecule has 115 heavy (non-hydrogen) atoms. The second-order valence-corrected chi connectivity index (χ2v) is 22.3. The Morgan fingerprint density at radius 2 is 0.713 bits per heavy atom. The summed E-state index contributed by atoms with van der Waals surface area (Å²) >= 11 is 0. The molecule has 2 fully saturated rings. The van der Waals surface area contributed by atoms with Crippen molar-refractivity contribution in [3.63, 3.8) is 0 Å². The number of nitro benzene ring substituents is 3. The maximum atomic E-state index is 12.5. The van der Waals surface area contributed by atoms with E-state index in [0.29, 0.717) is 52.7 Å². The van der Waals surface area contributed by atoms with Crippen LogP contribution in [0.25, 0.3) is 0 Å². The van der Waals surface area contributed by atoms with Crippen molar-refractivity contribution < 1.29 is 120 Å². The predicted molar refractivity (Wildman–Crippen MR) is 407 cm³/mol. The molecule has 7 aromatic carbocycles. The molecule has 11 N–H and O–H groups in total. The molecular formula is C74H73N13O28. The van der Waals surface area contributed by atoms with Crippen LogP contribution in [0.15, 0.2) is 220 Å². The molecule has 2 aliphatic rings. The predicted octanol–water partition coefficient (Wildman–Crippen LogP) is 11.5. The van der Waals surface area contributed by atoms with E-state index in [1.165, 1.54) is 184 Å². The Morgan fingerprint density at radius 3 is 0.983 bits per heavy atom. The first-order valence-electron chi connectivity index (χ1n) is 32.1. The van der Waals surface area contributed by atoms with Crippen molar-refractivity contribution in [2.75, 3.05) is 75.8 Å². The van der Waals surface area contributed by atoms with Gasteiger partial charge in [-0.25, -0.2) is 28.8 Å². The van der Waals surface area contributed by atoms with Gasteiger partial charge in [0.15, 0.2) is 11.4 Å². The molecule has 41 heteroatoms. The fourth-order valence-electron chi connectivity index (χ4n) is 8.09. The van der Waals surface area contributed by atoms with E-state index in [4.69, 9.17) is 17.2 Å². The number of non-ortho nitro benzene ring substituents is 3. The third-order valence-electron chi connectivity index (χ3n) is 13.7. The Balaban J connectivity index is 0.000000374. The number of nitrogen functional groups attached to an aromatic ring is 3. The first kappa shape index (κ1) is 92.9. The molecule has 0 unspecified atom stereocenters. The van der Waals surface area contributed by atoms with Crippen molar-refractivity contribution in [2.24, 2.45) is 20.5 Å². The summed E-state index contributed by atoms with van der Waals surface area (Å²) < 4.78 is 36.3. The minimum Gasteiger partial charge on any atom is -0.510 e. The molecule has 0 radical (unpaired) electrons. The number of anilines is 6. The summed E-state index contributed by atoms with van der Waals surface area (Å²) in [6.45, 7) is 10.5. The normalized spacial score (nSPS) is 11.6. The highest BCUT2D eigenvalue weighted by molar-refractivity contribution is 6.06. The number of aliphatic hydroxyl groups is 2. The van der Waals surface area contributed by atoms with Gasteiger partial charge in [-0.05, 0) is 136 Å². The summed E-state index contributed by atoms with van der Waals surface area (Å²) in [5.41, 5.74) is 18.2. The van der Waals surface area contributed by atoms with Crippen LogP contribution in [-0.4, -0.2) is 139 Å². The smallest absolute Gasteiger partial charge is 0.340 e. The summed E-state index contributed by atoms with van der Waals surface area (Å²) in [4.78, 5) is 166. The number of aliphatic hydroxyl groups excluding tert-OH is 2. The van der Waals surface area contributed by atoms with Crippen molar-refractivity contribution in [2.45, 2.75) is 40.0 Å². The monoisotopic (exact) mass is 1590 g/mol. The molecule has 0 aromatic heterocycles. The lowest BCUT2D eigenvalue weighted by atomic mass is 10.1. The number of ether oxygens (including phenoxy) is 8. The van der Waals surface area contributed by atoms with E-state index in [1.807, 2.05) is 0 Å². The maximum Gasteiger partial charge on any atom is 0.340 e. The van der Waals surface area contributed by atoms with Gasteiger partial charge in [0.25, 0.3) is 28.9 Å². The Hall–Kier alpha value is -16.3. The van der Waals surface area contributed by atoms with E-state index < -0.39 is 91.2 Å². The SMILES string of the molecule is C=C1CC(=O)O1.C=C1CC(=O)O1.CC(=O)CC(=O)Nc1ccc([N+](=O)[O-])cc1.COC(=O)c1ccc(C(=O)OC)c(N)c1.COC(=O)c1ccc(C(=O)OC)c(N=NC(C(=O)Nc2ccc(N)cc2)=C(C)O)c1.COC(=O)c1ccc(C(=O)OC)c(N=NC(C(=O)Nc2ccc([N+](=O)[O-])cc2)=C(C)O)c1.Nc1ccc([N+](=O)[O-])cc1. The van der Waals surface area contributed by atoms with Crippen molar-refractivity contribution >= 4 is 134 Å². The number of Topliss-reactive ketones (excluding diaryl/α,β-unsaturated/α-hetero) is 1. The quantitative estimate of drug-likeness (QED) is 0.00404. The number of cyclic esters (lactones) is 2. The van der Waals surface area contributed by atoms with Crippen LogP contribution in [0.5, 0.6) is 0 Å². The number of nitrogens with one attached hydrogen (secondary N) is 3. The van der Waals surface area contributed by atoms with Gasteiger partial charge >= 0.3 is 47.8 Å². The van der Waals surface area contributed by atoms with Crippen LogP contribution in [-0.2, 0) is 66.7 Å². The van der Waals surface area contributed by atoms with Crippen molar-refractivity contribution in [1.82, 2.24) is 0 Å². The Bertz CT molecular complexity index is 4900. The number of carbonyl (C=O) groups is 12. The van der Waals surface area contributed by atoms with Crippen LogP contribution in [0.2, 0.25) is 0 Å². The number of ketones is 1. The molecule has 9 rings (SSSR count). The number of methoxy groups -OCH3 is 6. The van der Waals surface area contributed by atoms with Crippen LogP contribution in [0.4, 0.5) is 62.6 Å². The van der Waals surface area contributed by atoms with Crippen molar-refractivity contribution in [1.29, 1.82) is 0 Å². The number of benzene rings is 7. The third kappa shape index (κ3) is 31.5. The first-order valence-corrected chi connectivity index (χ1v) is 32.1. The number of esters is 8. The summed E-state index contributed by atoms with van der Waals surface area (Å²) in [6.07, 6.45) is 0.636. The number of amides is 3. The van der Waals surface area contributed by atoms with Gasteiger partial charge in [0, 0.05) is 70.5 Å². The first-order chi connectivity index (χ1) is 54.3. The molecule has 3 amide bonds. The van der Waals surface area contributed by atoms with Crippen LogP contribution < -0.4 is 33.2 Å².